The van der Waals surface area contributed by atoms with E-state index in [4.69, 9.17) is 5.26 Å². The Labute approximate surface area is 68.5 Å². The van der Waals surface area contributed by atoms with Crippen LogP contribution in [-0.2, 0) is 0 Å². The standard InChI is InChI=1S/C8H6F2N2/c1-5-6(3-11)2-7(4-12-5)8(9)10/h2,4,8H,1H3. The highest BCUT2D eigenvalue weighted by atomic mass is 19.3. The van der Waals surface area contributed by atoms with Gasteiger partial charge in [0, 0.05) is 11.8 Å². The Morgan fingerprint density at radius 3 is 2.75 bits per heavy atom. The SMILES string of the molecule is Cc1ncc(C(F)F)cc1C#N. The molecule has 0 atom stereocenters. The van der Waals surface area contributed by atoms with Crippen LogP contribution in [0.1, 0.15) is 23.2 Å². The van der Waals surface area contributed by atoms with Crippen molar-refractivity contribution in [2.24, 2.45) is 0 Å². The van der Waals surface area contributed by atoms with E-state index < -0.39 is 6.43 Å². The van der Waals surface area contributed by atoms with Gasteiger partial charge < -0.3 is 0 Å². The predicted molar refractivity (Wildman–Crippen MR) is 38.6 cm³/mol. The van der Waals surface area contributed by atoms with Crippen LogP contribution in [0, 0.1) is 18.3 Å². The lowest BCUT2D eigenvalue weighted by Gasteiger charge is -2.00. The summed E-state index contributed by atoms with van der Waals surface area (Å²) < 4.78 is 24.1. The number of nitrogens with zero attached hydrogens (tertiary/aromatic N) is 2. The fourth-order valence-corrected chi connectivity index (χ4v) is 0.782. The first-order chi connectivity index (χ1) is 5.65. The highest BCUT2D eigenvalue weighted by Gasteiger charge is 2.09. The average Bonchev–Trinajstić information content (AvgIpc) is 2.05. The smallest absolute Gasteiger partial charge is 0.260 e. The van der Waals surface area contributed by atoms with Crippen LogP contribution in [0.4, 0.5) is 8.78 Å². The van der Waals surface area contributed by atoms with Crippen molar-refractivity contribution in [1.29, 1.82) is 5.26 Å². The van der Waals surface area contributed by atoms with Crippen molar-refractivity contribution in [3.05, 3.63) is 29.1 Å². The summed E-state index contributed by atoms with van der Waals surface area (Å²) in [5.41, 5.74) is 0.465. The molecule has 1 aromatic rings. The Morgan fingerprint density at radius 1 is 1.58 bits per heavy atom. The molecule has 0 fully saturated rings. The Bertz CT molecular complexity index is 328. The number of hydrogen-bond donors (Lipinski definition) is 0. The molecule has 0 aromatic carbocycles. The molecule has 4 heteroatoms. The van der Waals surface area contributed by atoms with E-state index in [1.54, 1.807) is 13.0 Å². The van der Waals surface area contributed by atoms with Gasteiger partial charge in [0.2, 0.25) is 0 Å². The van der Waals surface area contributed by atoms with Crippen molar-refractivity contribution in [3.8, 4) is 6.07 Å². The van der Waals surface area contributed by atoms with E-state index in [9.17, 15) is 8.78 Å². The zero-order chi connectivity index (χ0) is 9.14. The monoisotopic (exact) mass is 168 g/mol. The van der Waals surface area contributed by atoms with E-state index in [-0.39, 0.29) is 11.1 Å². The molecule has 0 aliphatic heterocycles. The molecule has 0 bridgehead atoms. The second-order valence-corrected chi connectivity index (χ2v) is 2.31. The van der Waals surface area contributed by atoms with Gasteiger partial charge in [0.25, 0.3) is 6.43 Å². The minimum Gasteiger partial charge on any atom is -0.260 e. The van der Waals surface area contributed by atoms with Gasteiger partial charge in [-0.15, -0.1) is 0 Å². The van der Waals surface area contributed by atoms with Gasteiger partial charge in [0.15, 0.2) is 0 Å². The third-order valence-electron chi connectivity index (χ3n) is 1.48. The number of hydrogen-bond acceptors (Lipinski definition) is 2. The average molecular weight is 168 g/mol. The zero-order valence-corrected chi connectivity index (χ0v) is 6.38. The molecule has 12 heavy (non-hydrogen) atoms. The summed E-state index contributed by atoms with van der Waals surface area (Å²) in [4.78, 5) is 3.67. The van der Waals surface area contributed by atoms with Crippen molar-refractivity contribution >= 4 is 0 Å². The molecule has 0 saturated carbocycles. The molecule has 62 valence electrons. The first kappa shape index (κ1) is 8.60. The summed E-state index contributed by atoms with van der Waals surface area (Å²) in [5, 5.41) is 8.49. The Balaban J connectivity index is 3.16. The lowest BCUT2D eigenvalue weighted by molar-refractivity contribution is 0.151. The molecule has 0 spiro atoms. The first-order valence-electron chi connectivity index (χ1n) is 3.30. The second kappa shape index (κ2) is 3.26. The molecule has 0 radical (unpaired) electrons. The largest absolute Gasteiger partial charge is 0.265 e. The van der Waals surface area contributed by atoms with E-state index in [1.165, 1.54) is 0 Å². The molecule has 1 heterocycles. The molecule has 0 saturated heterocycles. The molecule has 0 amide bonds. The van der Waals surface area contributed by atoms with Crippen molar-refractivity contribution in [1.82, 2.24) is 4.98 Å². The summed E-state index contributed by atoms with van der Waals surface area (Å²) in [6.07, 6.45) is -1.48. The van der Waals surface area contributed by atoms with Crippen molar-refractivity contribution in [2.75, 3.05) is 0 Å². The van der Waals surface area contributed by atoms with E-state index in [0.29, 0.717) is 5.69 Å². The molecule has 0 aliphatic carbocycles. The van der Waals surface area contributed by atoms with Crippen molar-refractivity contribution in [2.45, 2.75) is 13.3 Å². The van der Waals surface area contributed by atoms with Crippen LogP contribution in [0.3, 0.4) is 0 Å². The Hall–Kier alpha value is -1.50. The van der Waals surface area contributed by atoms with Crippen LogP contribution in [0.15, 0.2) is 12.3 Å². The fourth-order valence-electron chi connectivity index (χ4n) is 0.782. The number of rotatable bonds is 1. The maximum Gasteiger partial charge on any atom is 0.265 e. The quantitative estimate of drug-likeness (QED) is 0.644. The van der Waals surface area contributed by atoms with Crippen molar-refractivity contribution < 1.29 is 8.78 Å². The third kappa shape index (κ3) is 1.56. The van der Waals surface area contributed by atoms with E-state index in [0.717, 1.165) is 12.3 Å². The van der Waals surface area contributed by atoms with Crippen LogP contribution in [-0.4, -0.2) is 4.98 Å². The second-order valence-electron chi connectivity index (χ2n) is 2.31. The van der Waals surface area contributed by atoms with Gasteiger partial charge in [-0.25, -0.2) is 8.78 Å². The maximum atomic E-state index is 12.1. The van der Waals surface area contributed by atoms with Gasteiger partial charge in [0.05, 0.1) is 11.3 Å². The van der Waals surface area contributed by atoms with E-state index >= 15 is 0 Å². The molecule has 0 aliphatic rings. The Kier molecular flexibility index (Phi) is 2.34. The summed E-state index contributed by atoms with van der Waals surface area (Å²) >= 11 is 0. The molecule has 0 N–H and O–H groups in total. The minimum absolute atomic E-state index is 0.202. The van der Waals surface area contributed by atoms with Gasteiger partial charge in [0.1, 0.15) is 6.07 Å². The summed E-state index contributed by atoms with van der Waals surface area (Å²) in [7, 11) is 0. The van der Waals surface area contributed by atoms with Gasteiger partial charge in [-0.1, -0.05) is 0 Å². The fraction of sp³-hybridized carbons (Fsp3) is 0.250. The lowest BCUT2D eigenvalue weighted by atomic mass is 10.1. The van der Waals surface area contributed by atoms with Gasteiger partial charge in [-0.3, -0.25) is 4.98 Å². The van der Waals surface area contributed by atoms with Crippen LogP contribution in [0.25, 0.3) is 0 Å². The normalized spacial score (nSPS) is 9.92. The predicted octanol–water partition coefficient (Wildman–Crippen LogP) is 2.20. The summed E-state index contributed by atoms with van der Waals surface area (Å²) in [5.74, 6) is 0. The number of alkyl halides is 2. The van der Waals surface area contributed by atoms with Crippen molar-refractivity contribution in [3.63, 3.8) is 0 Å². The highest BCUT2D eigenvalue weighted by Crippen LogP contribution is 2.19. The molecule has 0 unspecified atom stereocenters. The Morgan fingerprint density at radius 2 is 2.25 bits per heavy atom. The van der Waals surface area contributed by atoms with Gasteiger partial charge in [-0.05, 0) is 13.0 Å². The number of halogens is 2. The van der Waals surface area contributed by atoms with Gasteiger partial charge in [-0.2, -0.15) is 5.26 Å². The molecule has 1 rings (SSSR count). The maximum absolute atomic E-state index is 12.1. The number of aryl methyl sites for hydroxylation is 1. The van der Waals surface area contributed by atoms with E-state index in [1.807, 2.05) is 0 Å². The van der Waals surface area contributed by atoms with Crippen LogP contribution in [0.2, 0.25) is 0 Å². The highest BCUT2D eigenvalue weighted by molar-refractivity contribution is 5.35. The molecule has 2 nitrogen and oxygen atoms in total. The molecular weight excluding hydrogens is 162 g/mol. The van der Waals surface area contributed by atoms with Gasteiger partial charge >= 0.3 is 0 Å². The number of pyridine rings is 1. The topological polar surface area (TPSA) is 36.7 Å². The molecular formula is C8H6F2N2. The number of nitriles is 1. The lowest BCUT2D eigenvalue weighted by Crippen LogP contribution is -1.92. The number of aromatic nitrogens is 1. The summed E-state index contributed by atoms with van der Waals surface area (Å²) in [6.45, 7) is 1.60. The van der Waals surface area contributed by atoms with E-state index in [2.05, 4.69) is 4.98 Å². The third-order valence-corrected chi connectivity index (χ3v) is 1.48. The molecule has 1 aromatic heterocycles. The van der Waals surface area contributed by atoms with Crippen LogP contribution < -0.4 is 0 Å². The first-order valence-corrected chi connectivity index (χ1v) is 3.30. The summed E-state index contributed by atoms with van der Waals surface area (Å²) in [6, 6.07) is 2.95. The van der Waals surface area contributed by atoms with Crippen LogP contribution >= 0.6 is 0 Å². The minimum atomic E-state index is -2.56. The van der Waals surface area contributed by atoms with Crippen LogP contribution in [0.5, 0.6) is 0 Å². The zero-order valence-electron chi connectivity index (χ0n) is 6.38.